The van der Waals surface area contributed by atoms with Gasteiger partial charge in [-0.15, -0.1) is 12.4 Å². The summed E-state index contributed by atoms with van der Waals surface area (Å²) < 4.78 is 0. The fourth-order valence-corrected chi connectivity index (χ4v) is 1.47. The highest BCUT2D eigenvalue weighted by Gasteiger charge is 2.06. The van der Waals surface area contributed by atoms with Crippen molar-refractivity contribution in [3.8, 4) is 0 Å². The number of carbonyl (C=O) groups excluding carboxylic acids is 1. The number of rotatable bonds is 5. The Morgan fingerprint density at radius 2 is 1.88 bits per heavy atom. The standard InChI is InChI=1S/C13H20N2O.ClH/c1-4-14-11(3)9-15-13(16)12-7-5-10(2)6-8-12;/h5-8,11,14H,4,9H2,1-3H3,(H,15,16);1H/t11-;/m1./s1. The van der Waals surface area contributed by atoms with Gasteiger partial charge in [-0.05, 0) is 32.5 Å². The first-order valence-electron chi connectivity index (χ1n) is 5.71. The number of likely N-dealkylation sites (N-methyl/N-ethyl adjacent to an activating group) is 1. The van der Waals surface area contributed by atoms with Gasteiger partial charge in [-0.1, -0.05) is 24.6 Å². The largest absolute Gasteiger partial charge is 0.350 e. The molecule has 0 spiro atoms. The van der Waals surface area contributed by atoms with Crippen LogP contribution >= 0.6 is 12.4 Å². The molecular formula is C13H21ClN2O. The molecule has 0 heterocycles. The van der Waals surface area contributed by atoms with E-state index in [1.165, 1.54) is 0 Å². The number of nitrogens with one attached hydrogen (secondary N) is 2. The lowest BCUT2D eigenvalue weighted by Gasteiger charge is -2.13. The predicted octanol–water partition coefficient (Wildman–Crippen LogP) is 2.14. The number of benzene rings is 1. The minimum absolute atomic E-state index is 0. The van der Waals surface area contributed by atoms with Gasteiger partial charge in [-0.3, -0.25) is 4.79 Å². The second-order valence-electron chi connectivity index (χ2n) is 4.03. The molecule has 3 nitrogen and oxygen atoms in total. The number of carbonyl (C=O) groups is 1. The molecule has 1 amide bonds. The van der Waals surface area contributed by atoms with Gasteiger partial charge >= 0.3 is 0 Å². The fourth-order valence-electron chi connectivity index (χ4n) is 1.47. The number of amides is 1. The van der Waals surface area contributed by atoms with Gasteiger partial charge < -0.3 is 10.6 Å². The van der Waals surface area contributed by atoms with Crippen LogP contribution in [0.4, 0.5) is 0 Å². The number of aryl methyl sites for hydroxylation is 1. The van der Waals surface area contributed by atoms with E-state index in [9.17, 15) is 4.79 Å². The third-order valence-electron chi connectivity index (χ3n) is 2.44. The molecule has 2 N–H and O–H groups in total. The van der Waals surface area contributed by atoms with Gasteiger partial charge in [0, 0.05) is 18.2 Å². The van der Waals surface area contributed by atoms with Gasteiger partial charge in [0.15, 0.2) is 0 Å². The van der Waals surface area contributed by atoms with E-state index in [1.54, 1.807) is 0 Å². The van der Waals surface area contributed by atoms with E-state index < -0.39 is 0 Å². The number of hydrogen-bond donors (Lipinski definition) is 2. The first-order valence-corrected chi connectivity index (χ1v) is 5.71. The van der Waals surface area contributed by atoms with E-state index in [0.717, 1.165) is 12.1 Å². The lowest BCUT2D eigenvalue weighted by atomic mass is 10.1. The van der Waals surface area contributed by atoms with Crippen molar-refractivity contribution in [2.75, 3.05) is 13.1 Å². The van der Waals surface area contributed by atoms with Crippen LogP contribution in [-0.4, -0.2) is 25.0 Å². The van der Waals surface area contributed by atoms with Crippen LogP contribution < -0.4 is 10.6 Å². The lowest BCUT2D eigenvalue weighted by Crippen LogP contribution is -2.38. The van der Waals surface area contributed by atoms with Gasteiger partial charge in [0.25, 0.3) is 5.91 Å². The van der Waals surface area contributed by atoms with Crippen molar-refractivity contribution in [3.05, 3.63) is 35.4 Å². The van der Waals surface area contributed by atoms with E-state index in [-0.39, 0.29) is 18.3 Å². The average molecular weight is 257 g/mol. The van der Waals surface area contributed by atoms with Crippen molar-refractivity contribution in [2.45, 2.75) is 26.8 Å². The van der Waals surface area contributed by atoms with Crippen molar-refractivity contribution in [3.63, 3.8) is 0 Å². The van der Waals surface area contributed by atoms with Crippen LogP contribution in [0.15, 0.2) is 24.3 Å². The molecule has 1 atom stereocenters. The Labute approximate surface area is 109 Å². The van der Waals surface area contributed by atoms with Crippen LogP contribution in [0.1, 0.15) is 29.8 Å². The van der Waals surface area contributed by atoms with Crippen molar-refractivity contribution in [1.29, 1.82) is 0 Å². The molecule has 1 aromatic rings. The Balaban J connectivity index is 0.00000256. The molecule has 0 aliphatic rings. The Kier molecular flexibility index (Phi) is 7.59. The normalized spacial score (nSPS) is 11.5. The van der Waals surface area contributed by atoms with Crippen molar-refractivity contribution in [2.24, 2.45) is 0 Å². The average Bonchev–Trinajstić information content (AvgIpc) is 2.27. The van der Waals surface area contributed by atoms with E-state index in [2.05, 4.69) is 24.5 Å². The molecule has 0 fully saturated rings. The summed E-state index contributed by atoms with van der Waals surface area (Å²) in [7, 11) is 0. The van der Waals surface area contributed by atoms with E-state index >= 15 is 0 Å². The monoisotopic (exact) mass is 256 g/mol. The SMILES string of the molecule is CCN[C@H](C)CNC(=O)c1ccc(C)cc1.Cl. The zero-order valence-electron chi connectivity index (χ0n) is 10.6. The summed E-state index contributed by atoms with van der Waals surface area (Å²) in [6, 6.07) is 7.90. The zero-order valence-corrected chi connectivity index (χ0v) is 11.4. The molecule has 1 aromatic carbocycles. The quantitative estimate of drug-likeness (QED) is 0.848. The van der Waals surface area contributed by atoms with Crippen LogP contribution in [0.3, 0.4) is 0 Å². The van der Waals surface area contributed by atoms with Crippen molar-refractivity contribution >= 4 is 18.3 Å². The fraction of sp³-hybridized carbons (Fsp3) is 0.462. The summed E-state index contributed by atoms with van der Waals surface area (Å²) in [6.07, 6.45) is 0. The molecular weight excluding hydrogens is 236 g/mol. The lowest BCUT2D eigenvalue weighted by molar-refractivity contribution is 0.0950. The molecule has 0 aliphatic carbocycles. The van der Waals surface area contributed by atoms with Gasteiger partial charge in [0.05, 0.1) is 0 Å². The molecule has 4 heteroatoms. The third-order valence-corrected chi connectivity index (χ3v) is 2.44. The third kappa shape index (κ3) is 5.71. The van der Waals surface area contributed by atoms with E-state index in [1.807, 2.05) is 31.2 Å². The summed E-state index contributed by atoms with van der Waals surface area (Å²) in [5, 5.41) is 6.15. The Bertz CT molecular complexity index is 338. The molecule has 0 bridgehead atoms. The Hall–Kier alpha value is -1.06. The van der Waals surface area contributed by atoms with Crippen molar-refractivity contribution in [1.82, 2.24) is 10.6 Å². The first-order chi connectivity index (χ1) is 7.63. The predicted molar refractivity (Wildman–Crippen MR) is 73.9 cm³/mol. The van der Waals surface area contributed by atoms with Crippen LogP contribution in [0.25, 0.3) is 0 Å². The summed E-state index contributed by atoms with van der Waals surface area (Å²) in [6.45, 7) is 7.69. The van der Waals surface area contributed by atoms with Crippen LogP contribution in [-0.2, 0) is 0 Å². The summed E-state index contributed by atoms with van der Waals surface area (Å²) >= 11 is 0. The molecule has 0 unspecified atom stereocenters. The maximum Gasteiger partial charge on any atom is 0.251 e. The van der Waals surface area contributed by atoms with Crippen LogP contribution in [0.5, 0.6) is 0 Å². The van der Waals surface area contributed by atoms with Gasteiger partial charge in [0.2, 0.25) is 0 Å². The zero-order chi connectivity index (χ0) is 12.0. The van der Waals surface area contributed by atoms with E-state index in [0.29, 0.717) is 18.2 Å². The minimum atomic E-state index is -0.00949. The Morgan fingerprint density at radius 3 is 2.41 bits per heavy atom. The number of halogens is 1. The minimum Gasteiger partial charge on any atom is -0.350 e. The Morgan fingerprint density at radius 1 is 1.29 bits per heavy atom. The van der Waals surface area contributed by atoms with Crippen molar-refractivity contribution < 1.29 is 4.79 Å². The van der Waals surface area contributed by atoms with Gasteiger partial charge in [0.1, 0.15) is 0 Å². The maximum atomic E-state index is 11.7. The molecule has 0 saturated heterocycles. The van der Waals surface area contributed by atoms with E-state index in [4.69, 9.17) is 0 Å². The highest BCUT2D eigenvalue weighted by atomic mass is 35.5. The summed E-state index contributed by atoms with van der Waals surface area (Å²) in [5.74, 6) is -0.00949. The molecule has 0 aromatic heterocycles. The molecule has 0 saturated carbocycles. The molecule has 1 rings (SSSR count). The van der Waals surface area contributed by atoms with Crippen LogP contribution in [0, 0.1) is 6.92 Å². The second-order valence-corrected chi connectivity index (χ2v) is 4.03. The summed E-state index contributed by atoms with van der Waals surface area (Å²) in [5.41, 5.74) is 1.88. The second kappa shape index (κ2) is 8.09. The molecule has 96 valence electrons. The summed E-state index contributed by atoms with van der Waals surface area (Å²) in [4.78, 5) is 11.7. The smallest absolute Gasteiger partial charge is 0.251 e. The highest BCUT2D eigenvalue weighted by Crippen LogP contribution is 2.02. The first kappa shape index (κ1) is 15.9. The molecule has 0 aliphatic heterocycles. The molecule has 0 radical (unpaired) electrons. The maximum absolute atomic E-state index is 11.7. The number of hydrogen-bond acceptors (Lipinski definition) is 2. The van der Waals surface area contributed by atoms with Gasteiger partial charge in [-0.2, -0.15) is 0 Å². The van der Waals surface area contributed by atoms with Gasteiger partial charge in [-0.25, -0.2) is 0 Å². The highest BCUT2D eigenvalue weighted by molar-refractivity contribution is 5.94. The van der Waals surface area contributed by atoms with Crippen LogP contribution in [0.2, 0.25) is 0 Å². The molecule has 17 heavy (non-hydrogen) atoms. The topological polar surface area (TPSA) is 41.1 Å².